The van der Waals surface area contributed by atoms with Gasteiger partial charge in [0.05, 0.1) is 0 Å². The van der Waals surface area contributed by atoms with Crippen LogP contribution < -0.4 is 0 Å². The predicted octanol–water partition coefficient (Wildman–Crippen LogP) is 16.4. The lowest BCUT2D eigenvalue weighted by Gasteiger charge is -2.18. The molecule has 0 N–H and O–H groups in total. The van der Waals surface area contributed by atoms with Crippen molar-refractivity contribution in [1.82, 2.24) is 0 Å². The van der Waals surface area contributed by atoms with Gasteiger partial charge >= 0.3 is 17.9 Å². The number of allylic oxidation sites excluding steroid dienone is 14. The summed E-state index contributed by atoms with van der Waals surface area (Å²) in [6, 6.07) is 0. The fourth-order valence-electron chi connectivity index (χ4n) is 6.62. The molecule has 0 aromatic heterocycles. The minimum absolute atomic E-state index is 0.103. The molecule has 0 amide bonds. The van der Waals surface area contributed by atoms with Crippen LogP contribution in [0, 0.1) is 0 Å². The third-order valence-electron chi connectivity index (χ3n) is 10.4. The van der Waals surface area contributed by atoms with Gasteiger partial charge in [-0.2, -0.15) is 0 Å². The lowest BCUT2D eigenvalue weighted by molar-refractivity contribution is -0.166. The van der Waals surface area contributed by atoms with E-state index in [4.69, 9.17) is 14.2 Å². The average molecular weight is 849 g/mol. The second-order valence-electron chi connectivity index (χ2n) is 16.3. The molecule has 0 aliphatic heterocycles. The lowest BCUT2D eigenvalue weighted by atomic mass is 10.0. The topological polar surface area (TPSA) is 78.9 Å². The third kappa shape index (κ3) is 47.5. The van der Waals surface area contributed by atoms with Crippen LogP contribution in [0.15, 0.2) is 85.1 Å². The van der Waals surface area contributed by atoms with E-state index in [-0.39, 0.29) is 37.5 Å². The first kappa shape index (κ1) is 57.6. The Kier molecular flexibility index (Phi) is 46.5. The van der Waals surface area contributed by atoms with Crippen molar-refractivity contribution in [2.75, 3.05) is 13.2 Å². The van der Waals surface area contributed by atoms with Crippen molar-refractivity contribution in [2.45, 2.75) is 232 Å². The minimum Gasteiger partial charge on any atom is -0.462 e. The van der Waals surface area contributed by atoms with Gasteiger partial charge in [0, 0.05) is 19.3 Å². The van der Waals surface area contributed by atoms with Gasteiger partial charge in [0.15, 0.2) is 6.10 Å². The molecule has 6 heteroatoms. The molecule has 0 aliphatic carbocycles. The van der Waals surface area contributed by atoms with Gasteiger partial charge in [0.25, 0.3) is 0 Å². The van der Waals surface area contributed by atoms with Gasteiger partial charge in [-0.1, -0.05) is 215 Å². The van der Waals surface area contributed by atoms with E-state index >= 15 is 0 Å². The molecule has 0 bridgehead atoms. The van der Waals surface area contributed by atoms with Crippen LogP contribution in [0.5, 0.6) is 0 Å². The predicted molar refractivity (Wildman–Crippen MR) is 261 cm³/mol. The van der Waals surface area contributed by atoms with Crippen LogP contribution in [-0.4, -0.2) is 37.2 Å². The molecule has 0 saturated carbocycles. The van der Waals surface area contributed by atoms with Crippen LogP contribution in [-0.2, 0) is 28.6 Å². The van der Waals surface area contributed by atoms with E-state index in [1.807, 2.05) is 6.08 Å². The summed E-state index contributed by atoms with van der Waals surface area (Å²) in [5, 5.41) is 0. The van der Waals surface area contributed by atoms with Crippen molar-refractivity contribution >= 4 is 17.9 Å². The molecule has 1 atom stereocenters. The maximum Gasteiger partial charge on any atom is 0.306 e. The minimum atomic E-state index is -0.807. The van der Waals surface area contributed by atoms with Gasteiger partial charge < -0.3 is 14.2 Å². The number of carbonyl (C=O) groups is 3. The number of esters is 3. The fraction of sp³-hybridized carbons (Fsp3) is 0.691. The zero-order chi connectivity index (χ0) is 44.4. The zero-order valence-electron chi connectivity index (χ0n) is 39.7. The highest BCUT2D eigenvalue weighted by Crippen LogP contribution is 2.14. The highest BCUT2D eigenvalue weighted by atomic mass is 16.6. The van der Waals surface area contributed by atoms with Crippen LogP contribution >= 0.6 is 0 Å². The maximum absolute atomic E-state index is 12.8. The molecular weight excluding hydrogens is 757 g/mol. The van der Waals surface area contributed by atoms with Gasteiger partial charge in [0.2, 0.25) is 0 Å². The van der Waals surface area contributed by atoms with E-state index in [0.717, 1.165) is 89.9 Å². The molecule has 0 rings (SSSR count). The van der Waals surface area contributed by atoms with Gasteiger partial charge in [-0.05, 0) is 77.0 Å². The monoisotopic (exact) mass is 849 g/mol. The SMILES string of the molecule is CC/C=C\C/C=C\C/C=C\C/C=C\C/C=C\C/C=C\CCC(=O)OC[C@H](COC(=O)CCCCCCC/C=C\CCCC)OC(=O)CCCCCCCCCCCCCCC. The van der Waals surface area contributed by atoms with E-state index < -0.39 is 6.10 Å². The van der Waals surface area contributed by atoms with Crippen LogP contribution in [0.25, 0.3) is 0 Å². The second-order valence-corrected chi connectivity index (χ2v) is 16.3. The van der Waals surface area contributed by atoms with E-state index in [0.29, 0.717) is 19.3 Å². The summed E-state index contributed by atoms with van der Waals surface area (Å²) in [6.07, 6.45) is 62.9. The summed E-state index contributed by atoms with van der Waals surface area (Å²) in [5.41, 5.74) is 0. The molecule has 0 radical (unpaired) electrons. The molecule has 0 unspecified atom stereocenters. The van der Waals surface area contributed by atoms with Gasteiger partial charge in [-0.3, -0.25) is 14.4 Å². The number of carbonyl (C=O) groups excluding carboxylic acids is 3. The highest BCUT2D eigenvalue weighted by molar-refractivity contribution is 5.71. The molecule has 0 heterocycles. The molecule has 0 aromatic rings. The first-order valence-corrected chi connectivity index (χ1v) is 25.1. The summed E-state index contributed by atoms with van der Waals surface area (Å²) in [4.78, 5) is 37.8. The van der Waals surface area contributed by atoms with Gasteiger partial charge in [-0.25, -0.2) is 0 Å². The molecule has 0 aromatic carbocycles. The molecule has 0 fully saturated rings. The quantitative estimate of drug-likeness (QED) is 0.0263. The zero-order valence-corrected chi connectivity index (χ0v) is 39.7. The Labute approximate surface area is 375 Å². The normalized spacial score (nSPS) is 12.8. The Bertz CT molecular complexity index is 1200. The van der Waals surface area contributed by atoms with Gasteiger partial charge in [0.1, 0.15) is 13.2 Å². The van der Waals surface area contributed by atoms with Crippen molar-refractivity contribution in [3.63, 3.8) is 0 Å². The van der Waals surface area contributed by atoms with E-state index in [2.05, 4.69) is 99.8 Å². The van der Waals surface area contributed by atoms with Crippen LogP contribution in [0.4, 0.5) is 0 Å². The van der Waals surface area contributed by atoms with Crippen LogP contribution in [0.1, 0.15) is 226 Å². The van der Waals surface area contributed by atoms with Crippen molar-refractivity contribution in [3.8, 4) is 0 Å². The molecule has 61 heavy (non-hydrogen) atoms. The first-order valence-electron chi connectivity index (χ1n) is 25.1. The lowest BCUT2D eigenvalue weighted by Crippen LogP contribution is -2.30. The largest absolute Gasteiger partial charge is 0.462 e. The molecule has 0 spiro atoms. The molecular formula is C55H92O6. The molecule has 348 valence electrons. The van der Waals surface area contributed by atoms with E-state index in [1.54, 1.807) is 0 Å². The van der Waals surface area contributed by atoms with Crippen molar-refractivity contribution < 1.29 is 28.6 Å². The highest BCUT2D eigenvalue weighted by Gasteiger charge is 2.19. The fourth-order valence-corrected chi connectivity index (χ4v) is 6.62. The number of hydrogen-bond donors (Lipinski definition) is 0. The Morgan fingerprint density at radius 2 is 0.689 bits per heavy atom. The smallest absolute Gasteiger partial charge is 0.306 e. The number of ether oxygens (including phenoxy) is 3. The Hall–Kier alpha value is -3.41. The summed E-state index contributed by atoms with van der Waals surface area (Å²) in [6.45, 7) is 6.40. The average Bonchev–Trinajstić information content (AvgIpc) is 3.26. The van der Waals surface area contributed by atoms with E-state index in [1.165, 1.54) is 89.9 Å². The number of hydrogen-bond acceptors (Lipinski definition) is 6. The number of unbranched alkanes of at least 4 members (excludes halogenated alkanes) is 19. The summed E-state index contributed by atoms with van der Waals surface area (Å²) >= 11 is 0. The summed E-state index contributed by atoms with van der Waals surface area (Å²) in [5.74, 6) is -1.00. The van der Waals surface area contributed by atoms with Gasteiger partial charge in [-0.15, -0.1) is 0 Å². The van der Waals surface area contributed by atoms with Crippen LogP contribution in [0.3, 0.4) is 0 Å². The summed E-state index contributed by atoms with van der Waals surface area (Å²) in [7, 11) is 0. The molecule has 6 nitrogen and oxygen atoms in total. The second kappa shape index (κ2) is 49.2. The molecule has 0 aliphatic rings. The van der Waals surface area contributed by atoms with Crippen LogP contribution in [0.2, 0.25) is 0 Å². The maximum atomic E-state index is 12.8. The Morgan fingerprint density at radius 3 is 1.15 bits per heavy atom. The van der Waals surface area contributed by atoms with Crippen molar-refractivity contribution in [2.24, 2.45) is 0 Å². The number of rotatable bonds is 44. The Balaban J connectivity index is 4.48. The standard InChI is InChI=1S/C55H92O6/c1-4-7-10-13-16-19-22-24-25-26-27-28-29-31-33-36-39-42-45-48-54(57)60-51-52(50-59-53(56)47-44-41-38-35-32-21-18-15-12-9-6-3)61-55(58)49-46-43-40-37-34-30-23-20-17-14-11-8-5-2/h7,10,15-16,18-19,24-25,27-28,31,33,39,42,52H,4-6,8-9,11-14,17,20-23,26,29-30,32,34-38,40-41,43-51H2,1-3H3/b10-7-,18-15-,19-16-,25-24-,28-27-,33-31-,42-39-/t52-/m0/s1. The summed E-state index contributed by atoms with van der Waals surface area (Å²) < 4.78 is 16.7. The van der Waals surface area contributed by atoms with E-state index in [9.17, 15) is 14.4 Å². The van der Waals surface area contributed by atoms with Crippen molar-refractivity contribution in [3.05, 3.63) is 85.1 Å². The Morgan fingerprint density at radius 1 is 0.344 bits per heavy atom. The molecule has 0 saturated heterocycles. The first-order chi connectivity index (χ1) is 30.0. The van der Waals surface area contributed by atoms with Crippen molar-refractivity contribution in [1.29, 1.82) is 0 Å². The third-order valence-corrected chi connectivity index (χ3v) is 10.4.